The normalized spacial score (nSPS) is 16.9. The number of methoxy groups -OCH3 is 1. The Kier molecular flexibility index (Phi) is 6.35. The molecule has 0 atom stereocenters. The molecule has 0 unspecified atom stereocenters. The quantitative estimate of drug-likeness (QED) is 0.782. The maximum Gasteiger partial charge on any atom is 0.238 e. The predicted molar refractivity (Wildman–Crippen MR) is 111 cm³/mol. The van der Waals surface area contributed by atoms with Crippen LogP contribution in [0.5, 0.6) is 17.2 Å². The maximum atomic E-state index is 13.6. The average molecular weight is 415 g/mol. The third-order valence-electron chi connectivity index (χ3n) is 5.29. The molecule has 30 heavy (non-hydrogen) atoms. The molecule has 0 saturated carbocycles. The first-order valence-electron chi connectivity index (χ1n) is 10.1. The molecule has 160 valence electrons. The number of carbonyl (C=O) groups is 1. The Balaban J connectivity index is 1.26. The van der Waals surface area contributed by atoms with Gasteiger partial charge in [-0.3, -0.25) is 14.6 Å². The topological polar surface area (TPSA) is 63.3 Å². The van der Waals surface area contributed by atoms with Gasteiger partial charge in [0.15, 0.2) is 11.5 Å². The number of hydrogen-bond donors (Lipinski definition) is 1. The van der Waals surface area contributed by atoms with Crippen molar-refractivity contribution in [3.63, 3.8) is 0 Å². The minimum Gasteiger partial charge on any atom is -0.496 e. The van der Waals surface area contributed by atoms with Gasteiger partial charge < -0.3 is 19.5 Å². The number of benzene rings is 2. The van der Waals surface area contributed by atoms with Crippen molar-refractivity contribution in [3.05, 3.63) is 47.8 Å². The van der Waals surface area contributed by atoms with E-state index in [-0.39, 0.29) is 11.7 Å². The molecule has 1 fully saturated rings. The van der Waals surface area contributed by atoms with Crippen LogP contribution in [0, 0.1) is 5.82 Å². The summed E-state index contributed by atoms with van der Waals surface area (Å²) in [7, 11) is 1.59. The molecule has 2 aliphatic rings. The largest absolute Gasteiger partial charge is 0.496 e. The molecule has 1 saturated heterocycles. The summed E-state index contributed by atoms with van der Waals surface area (Å²) in [4.78, 5) is 16.8. The van der Waals surface area contributed by atoms with E-state index in [0.717, 1.165) is 31.7 Å². The zero-order chi connectivity index (χ0) is 20.9. The van der Waals surface area contributed by atoms with Crippen LogP contribution in [-0.2, 0) is 11.3 Å². The Hall–Kier alpha value is -2.84. The molecule has 2 aliphatic heterocycles. The summed E-state index contributed by atoms with van der Waals surface area (Å²) in [6.45, 7) is 5.14. The number of amides is 1. The number of rotatable bonds is 6. The second-order valence-corrected chi connectivity index (χ2v) is 7.42. The van der Waals surface area contributed by atoms with Gasteiger partial charge in [0.2, 0.25) is 5.91 Å². The minimum absolute atomic E-state index is 0.0630. The van der Waals surface area contributed by atoms with Crippen LogP contribution >= 0.6 is 0 Å². The molecule has 2 aromatic rings. The van der Waals surface area contributed by atoms with E-state index in [1.807, 2.05) is 12.1 Å². The zero-order valence-corrected chi connectivity index (χ0v) is 17.0. The second-order valence-electron chi connectivity index (χ2n) is 7.42. The Morgan fingerprint density at radius 1 is 1.03 bits per heavy atom. The molecular formula is C22H26FN3O4. The van der Waals surface area contributed by atoms with Crippen molar-refractivity contribution in [2.45, 2.75) is 6.54 Å². The van der Waals surface area contributed by atoms with Crippen molar-refractivity contribution in [3.8, 4) is 17.2 Å². The van der Waals surface area contributed by atoms with Gasteiger partial charge in [0.1, 0.15) is 24.8 Å². The first-order chi connectivity index (χ1) is 14.6. The van der Waals surface area contributed by atoms with Crippen LogP contribution in [0.4, 0.5) is 10.1 Å². The molecule has 0 radical (unpaired) electrons. The summed E-state index contributed by atoms with van der Waals surface area (Å²) < 4.78 is 30.0. The first kappa shape index (κ1) is 20.4. The van der Waals surface area contributed by atoms with Crippen LogP contribution in [0.2, 0.25) is 0 Å². The number of ether oxygens (including phenoxy) is 3. The highest BCUT2D eigenvalue weighted by Crippen LogP contribution is 2.32. The van der Waals surface area contributed by atoms with Gasteiger partial charge >= 0.3 is 0 Å². The Morgan fingerprint density at radius 3 is 2.53 bits per heavy atom. The third kappa shape index (κ3) is 5.01. The number of fused-ring (bicyclic) bond motifs is 1. The van der Waals surface area contributed by atoms with Crippen LogP contribution in [0.15, 0.2) is 36.4 Å². The second kappa shape index (κ2) is 9.32. The fourth-order valence-corrected chi connectivity index (χ4v) is 3.74. The number of hydrogen-bond acceptors (Lipinski definition) is 6. The highest BCUT2D eigenvalue weighted by atomic mass is 19.1. The molecule has 0 aromatic heterocycles. The molecular weight excluding hydrogens is 389 g/mol. The summed E-state index contributed by atoms with van der Waals surface area (Å²) in [5.41, 5.74) is 1.53. The standard InChI is InChI=1S/C22H26FN3O4/c1-28-19-4-2-17(23)12-16(19)14-25-6-8-26(9-7-25)15-22(27)24-18-3-5-20-21(13-18)30-11-10-29-20/h2-5,12-13H,6-11,14-15H2,1H3,(H,24,27). The van der Waals surface area contributed by atoms with E-state index in [1.165, 1.54) is 12.1 Å². The number of nitrogens with one attached hydrogen (secondary N) is 1. The lowest BCUT2D eigenvalue weighted by Crippen LogP contribution is -2.48. The molecule has 2 aromatic carbocycles. The summed E-state index contributed by atoms with van der Waals surface area (Å²) in [5, 5.41) is 2.92. The summed E-state index contributed by atoms with van der Waals surface area (Å²) in [6, 6.07) is 9.99. The van der Waals surface area contributed by atoms with Crippen LogP contribution in [0.3, 0.4) is 0 Å². The predicted octanol–water partition coefficient (Wildman–Crippen LogP) is 2.36. The van der Waals surface area contributed by atoms with Crippen molar-refractivity contribution in [2.75, 3.05) is 58.4 Å². The van der Waals surface area contributed by atoms with Crippen molar-refractivity contribution in [2.24, 2.45) is 0 Å². The van der Waals surface area contributed by atoms with E-state index in [2.05, 4.69) is 15.1 Å². The molecule has 8 heteroatoms. The highest BCUT2D eigenvalue weighted by molar-refractivity contribution is 5.92. The monoisotopic (exact) mass is 415 g/mol. The summed E-state index contributed by atoms with van der Waals surface area (Å²) in [6.07, 6.45) is 0. The van der Waals surface area contributed by atoms with Crippen molar-refractivity contribution in [1.29, 1.82) is 0 Å². The van der Waals surface area contributed by atoms with E-state index in [4.69, 9.17) is 14.2 Å². The Morgan fingerprint density at radius 2 is 1.77 bits per heavy atom. The van der Waals surface area contributed by atoms with Gasteiger partial charge in [0.25, 0.3) is 0 Å². The molecule has 1 N–H and O–H groups in total. The third-order valence-corrected chi connectivity index (χ3v) is 5.29. The van der Waals surface area contributed by atoms with E-state index >= 15 is 0 Å². The molecule has 7 nitrogen and oxygen atoms in total. The fourth-order valence-electron chi connectivity index (χ4n) is 3.74. The van der Waals surface area contributed by atoms with Gasteiger partial charge in [-0.05, 0) is 30.3 Å². The zero-order valence-electron chi connectivity index (χ0n) is 17.0. The number of nitrogens with zero attached hydrogens (tertiary/aromatic N) is 2. The fraction of sp³-hybridized carbons (Fsp3) is 0.409. The molecule has 1 amide bonds. The lowest BCUT2D eigenvalue weighted by atomic mass is 10.1. The van der Waals surface area contributed by atoms with E-state index < -0.39 is 0 Å². The molecule has 0 aliphatic carbocycles. The van der Waals surface area contributed by atoms with Gasteiger partial charge in [-0.1, -0.05) is 0 Å². The van der Waals surface area contributed by atoms with Crippen molar-refractivity contribution in [1.82, 2.24) is 9.80 Å². The van der Waals surface area contributed by atoms with E-state index in [0.29, 0.717) is 49.2 Å². The van der Waals surface area contributed by atoms with E-state index in [1.54, 1.807) is 19.2 Å². The van der Waals surface area contributed by atoms with Gasteiger partial charge in [0, 0.05) is 50.0 Å². The lowest BCUT2D eigenvalue weighted by Gasteiger charge is -2.34. The minimum atomic E-state index is -0.264. The van der Waals surface area contributed by atoms with Crippen LogP contribution in [-0.4, -0.2) is 68.8 Å². The van der Waals surface area contributed by atoms with Gasteiger partial charge in [-0.25, -0.2) is 4.39 Å². The van der Waals surface area contributed by atoms with Crippen molar-refractivity contribution >= 4 is 11.6 Å². The molecule has 0 bridgehead atoms. The number of halogens is 1. The lowest BCUT2D eigenvalue weighted by molar-refractivity contribution is -0.117. The number of carbonyl (C=O) groups excluding carboxylic acids is 1. The Bertz CT molecular complexity index is 900. The van der Waals surface area contributed by atoms with Gasteiger partial charge in [-0.2, -0.15) is 0 Å². The van der Waals surface area contributed by atoms with Gasteiger partial charge in [0.05, 0.1) is 13.7 Å². The summed E-state index contributed by atoms with van der Waals surface area (Å²) in [5.74, 6) is 1.72. The van der Waals surface area contributed by atoms with Gasteiger partial charge in [-0.15, -0.1) is 0 Å². The molecule has 0 spiro atoms. The maximum absolute atomic E-state index is 13.6. The first-order valence-corrected chi connectivity index (χ1v) is 10.1. The van der Waals surface area contributed by atoms with Crippen LogP contribution < -0.4 is 19.5 Å². The van der Waals surface area contributed by atoms with Crippen molar-refractivity contribution < 1.29 is 23.4 Å². The van der Waals surface area contributed by atoms with Crippen LogP contribution in [0.1, 0.15) is 5.56 Å². The number of anilines is 1. The molecule has 2 heterocycles. The van der Waals surface area contributed by atoms with Crippen LogP contribution in [0.25, 0.3) is 0 Å². The Labute approximate surface area is 175 Å². The number of piperazine rings is 1. The van der Waals surface area contributed by atoms with E-state index in [9.17, 15) is 9.18 Å². The average Bonchev–Trinajstić information content (AvgIpc) is 2.75. The SMILES string of the molecule is COc1ccc(F)cc1CN1CCN(CC(=O)Nc2ccc3c(c2)OCCO3)CC1. The molecule has 4 rings (SSSR count). The smallest absolute Gasteiger partial charge is 0.238 e. The summed E-state index contributed by atoms with van der Waals surface area (Å²) >= 11 is 0. The highest BCUT2D eigenvalue weighted by Gasteiger charge is 2.21.